The molecule has 0 aromatic rings. The summed E-state index contributed by atoms with van der Waals surface area (Å²) in [6.07, 6.45) is 90.0. The first kappa shape index (κ1) is 70.1. The average Bonchev–Trinajstić information content (AvgIpc) is 3.39. The molecule has 0 heterocycles. The zero-order valence-electron chi connectivity index (χ0n) is 48.7. The fraction of sp³-hybridized carbons (Fsp3) is 0.838. The van der Waals surface area contributed by atoms with E-state index < -0.39 is 12.1 Å². The summed E-state index contributed by atoms with van der Waals surface area (Å²) in [6.45, 7) is 4.23. The van der Waals surface area contributed by atoms with Crippen molar-refractivity contribution in [3.63, 3.8) is 0 Å². The number of hydrogen-bond acceptors (Lipinski definition) is 3. The monoisotopic (exact) mass is 1010 g/mol. The van der Waals surface area contributed by atoms with E-state index in [2.05, 4.69) is 67.8 Å². The molecular weight excluding hydrogens is 879 g/mol. The lowest BCUT2D eigenvalue weighted by atomic mass is 10.0. The molecule has 422 valence electrons. The van der Waals surface area contributed by atoms with Gasteiger partial charge in [-0.25, -0.2) is 0 Å². The second-order valence-corrected chi connectivity index (χ2v) is 22.2. The minimum Gasteiger partial charge on any atom is -0.394 e. The van der Waals surface area contributed by atoms with Crippen LogP contribution in [-0.2, 0) is 4.79 Å². The molecule has 72 heavy (non-hydrogen) atoms. The third-order valence-corrected chi connectivity index (χ3v) is 15.0. The summed E-state index contributed by atoms with van der Waals surface area (Å²) in [5.74, 6) is -0.0615. The summed E-state index contributed by atoms with van der Waals surface area (Å²) >= 11 is 0. The van der Waals surface area contributed by atoms with Gasteiger partial charge in [0, 0.05) is 6.42 Å². The molecule has 0 fully saturated rings. The molecule has 0 spiro atoms. The highest BCUT2D eigenvalue weighted by atomic mass is 16.3. The van der Waals surface area contributed by atoms with Gasteiger partial charge in [0.25, 0.3) is 0 Å². The predicted molar refractivity (Wildman–Crippen MR) is 322 cm³/mol. The highest BCUT2D eigenvalue weighted by molar-refractivity contribution is 5.76. The van der Waals surface area contributed by atoms with Gasteiger partial charge < -0.3 is 15.5 Å². The van der Waals surface area contributed by atoms with Crippen molar-refractivity contribution >= 4 is 5.91 Å². The molecule has 0 aliphatic rings. The summed E-state index contributed by atoms with van der Waals surface area (Å²) in [7, 11) is 0. The van der Waals surface area contributed by atoms with Crippen LogP contribution in [0, 0.1) is 0 Å². The lowest BCUT2D eigenvalue weighted by molar-refractivity contribution is -0.123. The van der Waals surface area contributed by atoms with Crippen LogP contribution in [0.25, 0.3) is 0 Å². The van der Waals surface area contributed by atoms with E-state index in [0.717, 1.165) is 51.4 Å². The summed E-state index contributed by atoms with van der Waals surface area (Å²) in [6, 6.07) is -0.626. The van der Waals surface area contributed by atoms with Crippen molar-refractivity contribution in [3.05, 3.63) is 60.8 Å². The van der Waals surface area contributed by atoms with Crippen molar-refractivity contribution in [3.8, 4) is 0 Å². The van der Waals surface area contributed by atoms with Crippen molar-refractivity contribution in [1.29, 1.82) is 0 Å². The Labute approximate surface area is 451 Å². The van der Waals surface area contributed by atoms with Gasteiger partial charge in [-0.15, -0.1) is 0 Å². The third kappa shape index (κ3) is 59.0. The van der Waals surface area contributed by atoms with Gasteiger partial charge in [-0.3, -0.25) is 4.79 Å². The number of rotatable bonds is 60. The van der Waals surface area contributed by atoms with Gasteiger partial charge >= 0.3 is 0 Å². The first-order valence-electron chi connectivity index (χ1n) is 32.5. The van der Waals surface area contributed by atoms with Crippen LogP contribution < -0.4 is 5.32 Å². The van der Waals surface area contributed by atoms with Crippen molar-refractivity contribution in [2.75, 3.05) is 6.61 Å². The quantitative estimate of drug-likeness (QED) is 0.0420. The van der Waals surface area contributed by atoms with Crippen LogP contribution in [-0.4, -0.2) is 34.9 Å². The number of hydrogen-bond donors (Lipinski definition) is 3. The molecule has 0 saturated heterocycles. The molecule has 2 atom stereocenters. The maximum absolute atomic E-state index is 12.5. The molecule has 2 unspecified atom stereocenters. The van der Waals surface area contributed by atoms with Gasteiger partial charge in [0.15, 0.2) is 0 Å². The number of nitrogens with one attached hydrogen (secondary N) is 1. The zero-order valence-corrected chi connectivity index (χ0v) is 48.7. The normalized spacial score (nSPS) is 13.1. The lowest BCUT2D eigenvalue weighted by Gasteiger charge is -2.20. The van der Waals surface area contributed by atoms with Gasteiger partial charge in [0.2, 0.25) is 5.91 Å². The van der Waals surface area contributed by atoms with E-state index in [4.69, 9.17) is 0 Å². The van der Waals surface area contributed by atoms with Crippen molar-refractivity contribution in [2.24, 2.45) is 0 Å². The predicted octanol–water partition coefficient (Wildman–Crippen LogP) is 21.9. The van der Waals surface area contributed by atoms with Crippen molar-refractivity contribution < 1.29 is 15.0 Å². The van der Waals surface area contributed by atoms with Crippen LogP contribution >= 0.6 is 0 Å². The van der Waals surface area contributed by atoms with E-state index in [0.29, 0.717) is 6.42 Å². The third-order valence-electron chi connectivity index (χ3n) is 15.0. The second kappa shape index (κ2) is 63.4. The van der Waals surface area contributed by atoms with Crippen molar-refractivity contribution in [2.45, 2.75) is 360 Å². The van der Waals surface area contributed by atoms with Crippen molar-refractivity contribution in [1.82, 2.24) is 5.32 Å². The minimum absolute atomic E-state index is 0.0615. The van der Waals surface area contributed by atoms with E-state index in [1.807, 2.05) is 6.08 Å². The molecule has 0 aromatic carbocycles. The number of carbonyl (C=O) groups is 1. The first-order chi connectivity index (χ1) is 35.7. The Bertz CT molecular complexity index is 1190. The zero-order chi connectivity index (χ0) is 52.0. The fourth-order valence-corrected chi connectivity index (χ4v) is 10.1. The Balaban J connectivity index is 3.45. The van der Waals surface area contributed by atoms with Gasteiger partial charge in [-0.05, 0) is 57.8 Å². The second-order valence-electron chi connectivity index (χ2n) is 22.2. The van der Waals surface area contributed by atoms with Crippen LogP contribution in [0.15, 0.2) is 60.8 Å². The average molecular weight is 1010 g/mol. The van der Waals surface area contributed by atoms with Gasteiger partial charge in [-0.1, -0.05) is 344 Å². The molecular formula is C68H127NO3. The Hall–Kier alpha value is -1.91. The summed E-state index contributed by atoms with van der Waals surface area (Å²) in [5.41, 5.74) is 0. The molecule has 0 radical (unpaired) electrons. The van der Waals surface area contributed by atoms with E-state index in [9.17, 15) is 15.0 Å². The lowest BCUT2D eigenvalue weighted by Crippen LogP contribution is -2.45. The van der Waals surface area contributed by atoms with Gasteiger partial charge in [0.1, 0.15) is 0 Å². The van der Waals surface area contributed by atoms with Crippen LogP contribution in [0.4, 0.5) is 0 Å². The van der Waals surface area contributed by atoms with Gasteiger partial charge in [0.05, 0.1) is 18.8 Å². The highest BCUT2D eigenvalue weighted by Crippen LogP contribution is 2.18. The van der Waals surface area contributed by atoms with Crippen LogP contribution in [0.2, 0.25) is 0 Å². The summed E-state index contributed by atoms with van der Waals surface area (Å²) < 4.78 is 0. The van der Waals surface area contributed by atoms with E-state index in [-0.39, 0.29) is 12.5 Å². The Morgan fingerprint density at radius 1 is 0.347 bits per heavy atom. The maximum atomic E-state index is 12.5. The fourth-order valence-electron chi connectivity index (χ4n) is 10.1. The minimum atomic E-state index is -0.843. The summed E-state index contributed by atoms with van der Waals surface area (Å²) in [4.78, 5) is 12.5. The molecule has 3 N–H and O–H groups in total. The number of carbonyl (C=O) groups excluding carboxylic acids is 1. The first-order valence-corrected chi connectivity index (χ1v) is 32.5. The Morgan fingerprint density at radius 2 is 0.611 bits per heavy atom. The molecule has 0 rings (SSSR count). The standard InChI is InChI=1S/C68H127NO3/c1-3-5-7-9-11-13-15-17-19-21-23-25-27-29-31-32-33-34-35-36-38-39-41-43-45-47-49-51-53-55-57-59-61-63-67(71)66(65-70)69-68(72)64-62-60-58-56-54-52-50-48-46-44-42-40-37-30-28-26-24-22-20-18-16-14-12-10-8-6-4-2/h6,8,12,14,18,20,24,26,61,63,66-67,70-71H,3-5,7,9-11,13,15-17,19,21-23,25,27-60,62,64-65H2,1-2H3,(H,69,72)/b8-6-,14-12-,20-18-,26-24-,63-61+. The molecule has 0 saturated carbocycles. The Kier molecular flexibility index (Phi) is 61.7. The SMILES string of the molecule is CC/C=C\C/C=C\C/C=C\C/C=C\CCCCCCCCCCCCCCCCC(=O)NC(CO)C(O)/C=C/CCCCCCCCCCCCCCCCCCCCCCCCCCCCCCCCC. The van der Waals surface area contributed by atoms with Crippen LogP contribution in [0.3, 0.4) is 0 Å². The summed E-state index contributed by atoms with van der Waals surface area (Å²) in [5, 5.41) is 23.3. The largest absolute Gasteiger partial charge is 0.394 e. The molecule has 4 heteroatoms. The molecule has 0 aromatic heterocycles. The highest BCUT2D eigenvalue weighted by Gasteiger charge is 2.18. The Morgan fingerprint density at radius 3 is 0.917 bits per heavy atom. The molecule has 4 nitrogen and oxygen atoms in total. The van der Waals surface area contributed by atoms with Crippen LogP contribution in [0.1, 0.15) is 348 Å². The van der Waals surface area contributed by atoms with E-state index >= 15 is 0 Å². The van der Waals surface area contributed by atoms with Gasteiger partial charge in [-0.2, -0.15) is 0 Å². The molecule has 0 aliphatic carbocycles. The van der Waals surface area contributed by atoms with E-state index in [1.54, 1.807) is 6.08 Å². The maximum Gasteiger partial charge on any atom is 0.220 e. The topological polar surface area (TPSA) is 69.6 Å². The number of amides is 1. The number of aliphatic hydroxyl groups excluding tert-OH is 2. The number of allylic oxidation sites excluding steroid dienone is 9. The van der Waals surface area contributed by atoms with E-state index in [1.165, 1.54) is 276 Å². The smallest absolute Gasteiger partial charge is 0.220 e. The molecule has 0 aliphatic heterocycles. The molecule has 1 amide bonds. The number of aliphatic hydroxyl groups is 2. The van der Waals surface area contributed by atoms with Crippen LogP contribution in [0.5, 0.6) is 0 Å². The molecule has 0 bridgehead atoms. The number of unbranched alkanes of at least 4 members (excludes halogenated alkanes) is 45.